The first-order valence-electron chi connectivity index (χ1n) is 10.6. The second-order valence-corrected chi connectivity index (χ2v) is 8.96. The van der Waals surface area contributed by atoms with Crippen molar-refractivity contribution in [2.45, 2.75) is 44.8 Å². The van der Waals surface area contributed by atoms with Crippen LogP contribution >= 0.6 is 0 Å². The lowest BCUT2D eigenvalue weighted by atomic mass is 9.92. The first-order valence-corrected chi connectivity index (χ1v) is 10.6. The lowest BCUT2D eigenvalue weighted by Crippen LogP contribution is -2.26. The number of hydrogen-bond donors (Lipinski definition) is 2. The Hall–Kier alpha value is -3.59. The summed E-state index contributed by atoms with van der Waals surface area (Å²) in [6.07, 6.45) is 9.22. The van der Waals surface area contributed by atoms with Crippen molar-refractivity contribution in [3.05, 3.63) is 60.4 Å². The van der Waals surface area contributed by atoms with Crippen molar-refractivity contribution >= 4 is 5.95 Å². The summed E-state index contributed by atoms with van der Waals surface area (Å²) in [6.45, 7) is 3.86. The van der Waals surface area contributed by atoms with Crippen LogP contribution in [0.3, 0.4) is 0 Å². The molecule has 1 fully saturated rings. The standard InChI is InChI=1S/C23H25N7O2/c1-23(2,31)13-30-12-18(11-27-30)21-28-20(29-32-21)19(16-7-8-16)15-5-3-14(4-6-15)17-9-25-22(24)26-10-17/h3-6,9-12,16,19,31H,7-8,13H2,1-2H3,(H2,24,25,26)/t19-/m0/s1. The van der Waals surface area contributed by atoms with Crippen LogP contribution < -0.4 is 5.73 Å². The second kappa shape index (κ2) is 7.83. The van der Waals surface area contributed by atoms with Gasteiger partial charge in [0.25, 0.3) is 5.89 Å². The van der Waals surface area contributed by atoms with Crippen molar-refractivity contribution in [2.24, 2.45) is 5.92 Å². The molecule has 1 aliphatic rings. The van der Waals surface area contributed by atoms with E-state index < -0.39 is 5.60 Å². The summed E-state index contributed by atoms with van der Waals surface area (Å²) < 4.78 is 7.25. The Morgan fingerprint density at radius 1 is 1.09 bits per heavy atom. The molecule has 0 spiro atoms. The number of hydrogen-bond acceptors (Lipinski definition) is 8. The molecule has 3 N–H and O–H groups in total. The quantitative estimate of drug-likeness (QED) is 0.456. The van der Waals surface area contributed by atoms with Gasteiger partial charge in [-0.25, -0.2) is 9.97 Å². The van der Waals surface area contributed by atoms with Crippen LogP contribution in [0.25, 0.3) is 22.6 Å². The third-order valence-electron chi connectivity index (χ3n) is 5.52. The van der Waals surface area contributed by atoms with Gasteiger partial charge in [-0.15, -0.1) is 0 Å². The highest BCUT2D eigenvalue weighted by atomic mass is 16.5. The maximum absolute atomic E-state index is 10.0. The van der Waals surface area contributed by atoms with Gasteiger partial charge in [0.05, 0.1) is 29.8 Å². The minimum atomic E-state index is -0.856. The van der Waals surface area contributed by atoms with Gasteiger partial charge in [0.15, 0.2) is 5.82 Å². The molecule has 1 atom stereocenters. The maximum Gasteiger partial charge on any atom is 0.261 e. The van der Waals surface area contributed by atoms with Crippen molar-refractivity contribution in [3.8, 4) is 22.6 Å². The Balaban J connectivity index is 1.38. The predicted octanol–water partition coefficient (Wildman–Crippen LogP) is 3.29. The van der Waals surface area contributed by atoms with Crippen molar-refractivity contribution in [2.75, 3.05) is 5.73 Å². The zero-order valence-corrected chi connectivity index (χ0v) is 18.0. The number of nitrogens with zero attached hydrogens (tertiary/aromatic N) is 6. The van der Waals surface area contributed by atoms with Gasteiger partial charge in [-0.3, -0.25) is 4.68 Å². The molecule has 0 unspecified atom stereocenters. The lowest BCUT2D eigenvalue weighted by Gasteiger charge is -2.16. The van der Waals surface area contributed by atoms with E-state index in [1.54, 1.807) is 37.1 Å². The van der Waals surface area contributed by atoms with Gasteiger partial charge in [-0.2, -0.15) is 10.1 Å². The number of rotatable bonds is 7. The van der Waals surface area contributed by atoms with Crippen molar-refractivity contribution in [1.29, 1.82) is 0 Å². The van der Waals surface area contributed by atoms with Crippen LogP contribution in [0, 0.1) is 5.92 Å². The van der Waals surface area contributed by atoms with E-state index in [1.165, 1.54) is 0 Å². The van der Waals surface area contributed by atoms with Crippen molar-refractivity contribution < 1.29 is 9.63 Å². The Labute approximate surface area is 185 Å². The van der Waals surface area contributed by atoms with Crippen LogP contribution in [0.2, 0.25) is 0 Å². The molecular weight excluding hydrogens is 406 g/mol. The van der Waals surface area contributed by atoms with Crippen molar-refractivity contribution in [1.82, 2.24) is 29.9 Å². The predicted molar refractivity (Wildman–Crippen MR) is 118 cm³/mol. The average molecular weight is 432 g/mol. The summed E-state index contributed by atoms with van der Waals surface area (Å²) in [7, 11) is 0. The molecule has 9 heteroatoms. The fourth-order valence-electron chi connectivity index (χ4n) is 3.87. The Morgan fingerprint density at radius 3 is 2.47 bits per heavy atom. The van der Waals surface area contributed by atoms with Crippen LogP contribution in [-0.2, 0) is 6.54 Å². The Bertz CT molecular complexity index is 1200. The zero-order chi connectivity index (χ0) is 22.3. The monoisotopic (exact) mass is 431 g/mol. The third-order valence-corrected chi connectivity index (χ3v) is 5.52. The smallest absolute Gasteiger partial charge is 0.261 e. The van der Waals surface area contributed by atoms with Crippen LogP contribution in [0.15, 0.2) is 53.6 Å². The summed E-state index contributed by atoms with van der Waals surface area (Å²) in [5, 5.41) is 18.6. The van der Waals surface area contributed by atoms with E-state index in [1.807, 2.05) is 6.20 Å². The molecule has 9 nitrogen and oxygen atoms in total. The molecule has 0 amide bonds. The molecule has 5 rings (SSSR count). The number of nitrogens with two attached hydrogens (primary N) is 1. The molecule has 3 heterocycles. The molecule has 32 heavy (non-hydrogen) atoms. The minimum Gasteiger partial charge on any atom is -0.389 e. The molecule has 3 aromatic heterocycles. The molecule has 0 bridgehead atoms. The summed E-state index contributed by atoms with van der Waals surface area (Å²) in [4.78, 5) is 12.8. The number of nitrogen functional groups attached to an aromatic ring is 1. The highest BCUT2D eigenvalue weighted by Gasteiger charge is 2.36. The molecule has 4 aromatic rings. The number of benzene rings is 1. The Morgan fingerprint density at radius 2 is 1.81 bits per heavy atom. The van der Waals surface area contributed by atoms with E-state index in [0.29, 0.717) is 24.2 Å². The first kappa shape index (κ1) is 20.3. The molecule has 0 radical (unpaired) electrons. The molecule has 0 saturated heterocycles. The van der Waals surface area contributed by atoms with Gasteiger partial charge < -0.3 is 15.4 Å². The second-order valence-electron chi connectivity index (χ2n) is 8.96. The molecule has 164 valence electrons. The van der Waals surface area contributed by atoms with Crippen LogP contribution in [0.1, 0.15) is 44.0 Å². The summed E-state index contributed by atoms with van der Waals surface area (Å²) in [5.41, 5.74) is 8.56. The van der Waals surface area contributed by atoms with E-state index in [-0.39, 0.29) is 11.9 Å². The summed E-state index contributed by atoms with van der Waals surface area (Å²) in [5.74, 6) is 1.96. The zero-order valence-electron chi connectivity index (χ0n) is 18.0. The average Bonchev–Trinajstić information content (AvgIpc) is 3.27. The third kappa shape index (κ3) is 4.38. The molecular formula is C23H25N7O2. The fourth-order valence-corrected chi connectivity index (χ4v) is 3.87. The topological polar surface area (TPSA) is 129 Å². The van der Waals surface area contributed by atoms with Gasteiger partial charge in [-0.05, 0) is 43.7 Å². The summed E-state index contributed by atoms with van der Waals surface area (Å²) >= 11 is 0. The number of aliphatic hydroxyl groups is 1. The Kier molecular flexibility index (Phi) is 4.97. The van der Waals surface area contributed by atoms with Crippen molar-refractivity contribution in [3.63, 3.8) is 0 Å². The lowest BCUT2D eigenvalue weighted by molar-refractivity contribution is 0.0577. The van der Waals surface area contributed by atoms with Gasteiger partial charge >= 0.3 is 0 Å². The number of anilines is 1. The molecule has 0 aliphatic heterocycles. The number of aromatic nitrogens is 6. The molecule has 1 saturated carbocycles. The van der Waals surface area contributed by atoms with E-state index in [0.717, 1.165) is 35.1 Å². The fraction of sp³-hybridized carbons (Fsp3) is 0.348. The maximum atomic E-state index is 10.0. The van der Waals surface area contributed by atoms with E-state index in [2.05, 4.69) is 44.5 Å². The summed E-state index contributed by atoms with van der Waals surface area (Å²) in [6, 6.07) is 8.32. The largest absolute Gasteiger partial charge is 0.389 e. The van der Waals surface area contributed by atoms with Crippen LogP contribution in [0.4, 0.5) is 5.95 Å². The highest BCUT2D eigenvalue weighted by molar-refractivity contribution is 5.62. The van der Waals surface area contributed by atoms with E-state index in [9.17, 15) is 5.11 Å². The van der Waals surface area contributed by atoms with Gasteiger partial charge in [0.2, 0.25) is 5.95 Å². The van der Waals surface area contributed by atoms with Crippen LogP contribution in [0.5, 0.6) is 0 Å². The molecule has 1 aromatic carbocycles. The first-order chi connectivity index (χ1) is 15.4. The normalized spacial score (nSPS) is 15.1. The van der Waals surface area contributed by atoms with E-state index in [4.69, 9.17) is 15.2 Å². The molecule has 1 aliphatic carbocycles. The van der Waals surface area contributed by atoms with Gasteiger partial charge in [-0.1, -0.05) is 29.4 Å². The van der Waals surface area contributed by atoms with E-state index >= 15 is 0 Å². The van der Waals surface area contributed by atoms with Gasteiger partial charge in [0.1, 0.15) is 0 Å². The van der Waals surface area contributed by atoms with Crippen LogP contribution in [-0.4, -0.2) is 40.6 Å². The highest BCUT2D eigenvalue weighted by Crippen LogP contribution is 2.46. The SMILES string of the molecule is CC(C)(O)Cn1cc(-c2nc([C@@H](c3ccc(-c4cnc(N)nc4)cc3)C3CC3)no2)cn1. The van der Waals surface area contributed by atoms with Gasteiger partial charge in [0, 0.05) is 24.2 Å². The minimum absolute atomic E-state index is 0.0793.